The van der Waals surface area contributed by atoms with Crippen molar-refractivity contribution in [2.75, 3.05) is 0 Å². The van der Waals surface area contributed by atoms with Crippen LogP contribution in [0.15, 0.2) is 67.3 Å². The summed E-state index contributed by atoms with van der Waals surface area (Å²) in [6.07, 6.45) is 6.62. The molecular formula is C19H18. The number of hydrogen-bond donors (Lipinski definition) is 0. The van der Waals surface area contributed by atoms with Crippen LogP contribution < -0.4 is 0 Å². The average molecular weight is 246 g/mol. The number of rotatable bonds is 2. The fraction of sp³-hybridized carbons (Fsp3) is 0.158. The molecule has 3 rings (SSSR count). The third-order valence-electron chi connectivity index (χ3n) is 3.94. The average Bonchev–Trinajstić information content (AvgIpc) is 2.47. The lowest BCUT2D eigenvalue weighted by molar-refractivity contribution is 0.731. The molecule has 0 amide bonds. The van der Waals surface area contributed by atoms with Gasteiger partial charge in [-0.2, -0.15) is 0 Å². The molecule has 0 saturated carbocycles. The molecule has 2 atom stereocenters. The molecular weight excluding hydrogens is 228 g/mol. The van der Waals surface area contributed by atoms with Crippen LogP contribution in [0.1, 0.15) is 34.1 Å². The van der Waals surface area contributed by atoms with Crippen LogP contribution in [-0.2, 0) is 0 Å². The maximum Gasteiger partial charge on any atom is 0.0125 e. The van der Waals surface area contributed by atoms with E-state index in [0.717, 1.165) is 0 Å². The number of fused-ring (bicyclic) bond motifs is 1. The Morgan fingerprint density at radius 2 is 1.74 bits per heavy atom. The van der Waals surface area contributed by atoms with Gasteiger partial charge < -0.3 is 0 Å². The molecule has 2 unspecified atom stereocenters. The first kappa shape index (κ1) is 12.0. The molecule has 0 nitrogen and oxygen atoms in total. The van der Waals surface area contributed by atoms with Crippen LogP contribution >= 0.6 is 0 Å². The SMILES string of the molecule is C=CC1c2ccccc2C=CC1c1ccc(C)cc1. The Hall–Kier alpha value is -2.08. The molecule has 0 aromatic heterocycles. The van der Waals surface area contributed by atoms with E-state index in [4.69, 9.17) is 0 Å². The lowest BCUT2D eigenvalue weighted by Crippen LogP contribution is -2.11. The van der Waals surface area contributed by atoms with Crippen molar-refractivity contribution >= 4 is 6.08 Å². The zero-order valence-corrected chi connectivity index (χ0v) is 11.2. The number of benzene rings is 2. The molecule has 0 heteroatoms. The zero-order chi connectivity index (χ0) is 13.2. The smallest absolute Gasteiger partial charge is 0.0125 e. The van der Waals surface area contributed by atoms with Gasteiger partial charge in [0.15, 0.2) is 0 Å². The molecule has 1 aliphatic rings. The molecule has 0 heterocycles. The van der Waals surface area contributed by atoms with Crippen LogP contribution in [0.5, 0.6) is 0 Å². The summed E-state index contributed by atoms with van der Waals surface area (Å²) in [5, 5.41) is 0. The fourth-order valence-electron chi connectivity index (χ4n) is 2.87. The maximum atomic E-state index is 4.04. The monoisotopic (exact) mass is 246 g/mol. The molecule has 94 valence electrons. The van der Waals surface area contributed by atoms with E-state index in [1.54, 1.807) is 0 Å². The summed E-state index contributed by atoms with van der Waals surface area (Å²) < 4.78 is 0. The summed E-state index contributed by atoms with van der Waals surface area (Å²) in [5.41, 5.74) is 5.36. The minimum Gasteiger partial charge on any atom is -0.102 e. The van der Waals surface area contributed by atoms with Crippen LogP contribution in [-0.4, -0.2) is 0 Å². The van der Waals surface area contributed by atoms with Gasteiger partial charge in [-0.25, -0.2) is 0 Å². The Morgan fingerprint density at radius 1 is 1.00 bits per heavy atom. The summed E-state index contributed by atoms with van der Waals surface area (Å²) >= 11 is 0. The second kappa shape index (κ2) is 4.89. The summed E-state index contributed by atoms with van der Waals surface area (Å²) in [5.74, 6) is 0.761. The van der Waals surface area contributed by atoms with Gasteiger partial charge >= 0.3 is 0 Å². The molecule has 2 aromatic rings. The van der Waals surface area contributed by atoms with E-state index < -0.39 is 0 Å². The van der Waals surface area contributed by atoms with Crippen molar-refractivity contribution in [2.45, 2.75) is 18.8 Å². The molecule has 0 radical (unpaired) electrons. The van der Waals surface area contributed by atoms with Crippen molar-refractivity contribution in [2.24, 2.45) is 0 Å². The molecule has 0 fully saturated rings. The van der Waals surface area contributed by atoms with Gasteiger partial charge in [0.2, 0.25) is 0 Å². The van der Waals surface area contributed by atoms with E-state index in [0.29, 0.717) is 11.8 Å². The molecule has 0 bridgehead atoms. The normalized spacial score (nSPS) is 20.9. The standard InChI is InChI=1S/C19H18/c1-3-17-18-7-5-4-6-15(18)12-13-19(17)16-10-8-14(2)9-11-16/h3-13,17,19H,1H2,2H3. The first-order valence-corrected chi connectivity index (χ1v) is 6.76. The largest absolute Gasteiger partial charge is 0.102 e. The molecule has 0 spiro atoms. The van der Waals surface area contributed by atoms with Crippen molar-refractivity contribution in [3.05, 3.63) is 89.5 Å². The Bertz CT molecular complexity index is 617. The summed E-state index contributed by atoms with van der Waals surface area (Å²) in [4.78, 5) is 0. The Morgan fingerprint density at radius 3 is 2.47 bits per heavy atom. The Kier molecular flexibility index (Phi) is 3.08. The molecule has 1 aliphatic carbocycles. The van der Waals surface area contributed by atoms with Gasteiger partial charge in [-0.1, -0.05) is 72.3 Å². The Labute approximate surface area is 115 Å². The molecule has 0 saturated heterocycles. The van der Waals surface area contributed by atoms with Crippen LogP contribution in [0, 0.1) is 6.92 Å². The van der Waals surface area contributed by atoms with Crippen LogP contribution in [0.4, 0.5) is 0 Å². The van der Waals surface area contributed by atoms with Crippen molar-refractivity contribution in [1.82, 2.24) is 0 Å². The highest BCUT2D eigenvalue weighted by molar-refractivity contribution is 5.61. The summed E-state index contributed by atoms with van der Waals surface area (Å²) in [7, 11) is 0. The highest BCUT2D eigenvalue weighted by atomic mass is 14.3. The van der Waals surface area contributed by atoms with Gasteiger partial charge in [0.1, 0.15) is 0 Å². The molecule has 0 aliphatic heterocycles. The summed E-state index contributed by atoms with van der Waals surface area (Å²) in [6, 6.07) is 17.4. The topological polar surface area (TPSA) is 0 Å². The second-order valence-corrected chi connectivity index (χ2v) is 5.19. The summed E-state index contributed by atoms with van der Waals surface area (Å²) in [6.45, 7) is 6.17. The third kappa shape index (κ3) is 2.15. The van der Waals surface area contributed by atoms with Crippen molar-refractivity contribution in [1.29, 1.82) is 0 Å². The van der Waals surface area contributed by atoms with E-state index in [2.05, 4.69) is 80.3 Å². The third-order valence-corrected chi connectivity index (χ3v) is 3.94. The molecule has 0 N–H and O–H groups in total. The first-order chi connectivity index (χ1) is 9.29. The van der Waals surface area contributed by atoms with Crippen molar-refractivity contribution in [3.63, 3.8) is 0 Å². The minimum atomic E-state index is 0.365. The minimum absolute atomic E-state index is 0.365. The lowest BCUT2D eigenvalue weighted by Gasteiger charge is -2.28. The predicted octanol–water partition coefficient (Wildman–Crippen LogP) is 5.08. The van der Waals surface area contributed by atoms with Gasteiger partial charge in [-0.05, 0) is 23.6 Å². The second-order valence-electron chi connectivity index (χ2n) is 5.19. The van der Waals surface area contributed by atoms with E-state index >= 15 is 0 Å². The van der Waals surface area contributed by atoms with Gasteiger partial charge in [0.25, 0.3) is 0 Å². The lowest BCUT2D eigenvalue weighted by atomic mass is 9.76. The van der Waals surface area contributed by atoms with Gasteiger partial charge in [0, 0.05) is 11.8 Å². The highest BCUT2D eigenvalue weighted by Crippen LogP contribution is 2.40. The van der Waals surface area contributed by atoms with Crippen molar-refractivity contribution < 1.29 is 0 Å². The van der Waals surface area contributed by atoms with E-state index in [1.165, 1.54) is 22.3 Å². The first-order valence-electron chi connectivity index (χ1n) is 6.76. The quantitative estimate of drug-likeness (QED) is 0.648. The predicted molar refractivity (Wildman–Crippen MR) is 82.3 cm³/mol. The number of hydrogen-bond acceptors (Lipinski definition) is 0. The Balaban J connectivity index is 2.05. The zero-order valence-electron chi connectivity index (χ0n) is 11.2. The highest BCUT2D eigenvalue weighted by Gasteiger charge is 2.24. The van der Waals surface area contributed by atoms with E-state index in [9.17, 15) is 0 Å². The van der Waals surface area contributed by atoms with Gasteiger partial charge in [-0.15, -0.1) is 6.58 Å². The molecule has 2 aromatic carbocycles. The maximum absolute atomic E-state index is 4.04. The van der Waals surface area contributed by atoms with Crippen LogP contribution in [0.2, 0.25) is 0 Å². The van der Waals surface area contributed by atoms with Crippen LogP contribution in [0.3, 0.4) is 0 Å². The number of aryl methyl sites for hydroxylation is 1. The van der Waals surface area contributed by atoms with Gasteiger partial charge in [-0.3, -0.25) is 0 Å². The van der Waals surface area contributed by atoms with E-state index in [-0.39, 0.29) is 0 Å². The van der Waals surface area contributed by atoms with Gasteiger partial charge in [0.05, 0.1) is 0 Å². The van der Waals surface area contributed by atoms with Crippen LogP contribution in [0.25, 0.3) is 6.08 Å². The fourth-order valence-corrected chi connectivity index (χ4v) is 2.87. The molecule has 19 heavy (non-hydrogen) atoms. The van der Waals surface area contributed by atoms with E-state index in [1.807, 2.05) is 0 Å². The number of allylic oxidation sites excluding steroid dienone is 2. The van der Waals surface area contributed by atoms with Crippen molar-refractivity contribution in [3.8, 4) is 0 Å².